The molecule has 0 aliphatic carbocycles. The van der Waals surface area contributed by atoms with E-state index < -0.39 is 9.84 Å². The number of carbonyl (C=O) groups is 2. The number of carbonyl (C=O) groups excluding carboxylic acids is 2. The van der Waals surface area contributed by atoms with Gasteiger partial charge in [-0.15, -0.1) is 0 Å². The lowest BCUT2D eigenvalue weighted by Crippen LogP contribution is -2.47. The van der Waals surface area contributed by atoms with Gasteiger partial charge in [0.2, 0.25) is 5.91 Å². The Morgan fingerprint density at radius 1 is 1.41 bits per heavy atom. The summed E-state index contributed by atoms with van der Waals surface area (Å²) in [5.41, 5.74) is 0.744. The predicted molar refractivity (Wildman–Crippen MR) is 117 cm³/mol. The third kappa shape index (κ3) is 4.81. The van der Waals surface area contributed by atoms with Gasteiger partial charge < -0.3 is 9.64 Å². The van der Waals surface area contributed by atoms with Crippen molar-refractivity contribution in [2.24, 2.45) is 0 Å². The van der Waals surface area contributed by atoms with Crippen LogP contribution in [-0.4, -0.2) is 72.1 Å². The van der Waals surface area contributed by atoms with Gasteiger partial charge in [0, 0.05) is 18.2 Å². The molecule has 2 amide bonds. The number of nitrogens with zero attached hydrogens (tertiary/aromatic N) is 2. The van der Waals surface area contributed by atoms with Crippen molar-refractivity contribution in [1.82, 2.24) is 9.80 Å². The number of methoxy groups -OCH3 is 1. The summed E-state index contributed by atoms with van der Waals surface area (Å²) in [4.78, 5) is 28.9. The second-order valence-electron chi connectivity index (χ2n) is 6.75. The fourth-order valence-electron chi connectivity index (χ4n) is 3.45. The SMILES string of the molecule is CCN(C(=O)CN1C(=O)/C(=C/c2ccccc2OC)SC1=S)C1CCS(=O)(=O)C1. The Hall–Kier alpha value is -1.91. The van der Waals surface area contributed by atoms with Gasteiger partial charge in [0.15, 0.2) is 9.84 Å². The Balaban J connectivity index is 1.74. The number of sulfone groups is 1. The van der Waals surface area contributed by atoms with Crippen LogP contribution in [0.5, 0.6) is 5.75 Å². The van der Waals surface area contributed by atoms with Gasteiger partial charge in [-0.05, 0) is 25.5 Å². The molecular formula is C19H22N2O5S3. The molecule has 3 rings (SSSR count). The van der Waals surface area contributed by atoms with E-state index in [0.29, 0.717) is 27.9 Å². The quantitative estimate of drug-likeness (QED) is 0.480. The van der Waals surface area contributed by atoms with E-state index in [4.69, 9.17) is 17.0 Å². The van der Waals surface area contributed by atoms with Crippen LogP contribution >= 0.6 is 24.0 Å². The third-order valence-electron chi connectivity index (χ3n) is 4.90. The maximum atomic E-state index is 12.8. The standard InChI is InChI=1S/C19H22N2O5S3/c1-3-20(14-8-9-29(24,25)12-14)17(22)11-21-18(23)16(28-19(21)27)10-13-6-4-5-7-15(13)26-2/h4-7,10,14H,3,8-9,11-12H2,1-2H3/b16-10-. The van der Waals surface area contributed by atoms with Crippen LogP contribution in [0.1, 0.15) is 18.9 Å². The highest BCUT2D eigenvalue weighted by Gasteiger charge is 2.38. The van der Waals surface area contributed by atoms with Crippen molar-refractivity contribution < 1.29 is 22.7 Å². The molecule has 156 valence electrons. The molecular weight excluding hydrogens is 432 g/mol. The second kappa shape index (κ2) is 8.85. The number of thioether (sulfide) groups is 1. The smallest absolute Gasteiger partial charge is 0.266 e. The number of para-hydroxylation sites is 1. The number of thiocarbonyl (C=S) groups is 1. The fraction of sp³-hybridized carbons (Fsp3) is 0.421. The highest BCUT2D eigenvalue weighted by Crippen LogP contribution is 2.34. The monoisotopic (exact) mass is 454 g/mol. The van der Waals surface area contributed by atoms with Crippen LogP contribution in [0, 0.1) is 0 Å². The molecule has 2 heterocycles. The first-order valence-corrected chi connectivity index (χ1v) is 12.2. The van der Waals surface area contributed by atoms with Crippen molar-refractivity contribution in [2.45, 2.75) is 19.4 Å². The predicted octanol–water partition coefficient (Wildman–Crippen LogP) is 1.93. The number of amides is 2. The molecule has 1 aromatic rings. The van der Waals surface area contributed by atoms with Crippen molar-refractivity contribution in [3.8, 4) is 5.75 Å². The molecule has 1 atom stereocenters. The van der Waals surface area contributed by atoms with Crippen molar-refractivity contribution in [3.05, 3.63) is 34.7 Å². The summed E-state index contributed by atoms with van der Waals surface area (Å²) in [7, 11) is -1.55. The van der Waals surface area contributed by atoms with Crippen LogP contribution in [0.2, 0.25) is 0 Å². The van der Waals surface area contributed by atoms with Gasteiger partial charge in [0.05, 0.1) is 23.5 Å². The largest absolute Gasteiger partial charge is 0.496 e. The Morgan fingerprint density at radius 3 is 2.76 bits per heavy atom. The molecule has 7 nitrogen and oxygen atoms in total. The van der Waals surface area contributed by atoms with Gasteiger partial charge in [-0.1, -0.05) is 42.2 Å². The fourth-order valence-corrected chi connectivity index (χ4v) is 6.43. The number of hydrogen-bond donors (Lipinski definition) is 0. The lowest BCUT2D eigenvalue weighted by atomic mass is 10.2. The summed E-state index contributed by atoms with van der Waals surface area (Å²) in [6.45, 7) is 1.98. The van der Waals surface area contributed by atoms with E-state index in [0.717, 1.165) is 17.3 Å². The summed E-state index contributed by atoms with van der Waals surface area (Å²) in [6, 6.07) is 6.96. The average molecular weight is 455 g/mol. The van der Waals surface area contributed by atoms with Crippen molar-refractivity contribution in [1.29, 1.82) is 0 Å². The maximum Gasteiger partial charge on any atom is 0.266 e. The number of benzene rings is 1. The van der Waals surface area contributed by atoms with Crippen LogP contribution in [0.25, 0.3) is 6.08 Å². The van der Waals surface area contributed by atoms with Gasteiger partial charge in [-0.3, -0.25) is 14.5 Å². The summed E-state index contributed by atoms with van der Waals surface area (Å²) in [6.07, 6.45) is 2.12. The first-order chi connectivity index (χ1) is 13.8. The molecule has 1 unspecified atom stereocenters. The Labute approximate surface area is 180 Å². The summed E-state index contributed by atoms with van der Waals surface area (Å²) < 4.78 is 29.1. The molecule has 10 heteroatoms. The second-order valence-corrected chi connectivity index (χ2v) is 10.7. The van der Waals surface area contributed by atoms with E-state index in [1.165, 1.54) is 9.80 Å². The molecule has 0 spiro atoms. The van der Waals surface area contributed by atoms with Crippen LogP contribution < -0.4 is 4.74 Å². The zero-order valence-electron chi connectivity index (χ0n) is 16.2. The topological polar surface area (TPSA) is 84.0 Å². The number of ether oxygens (including phenoxy) is 1. The third-order valence-corrected chi connectivity index (χ3v) is 8.03. The minimum atomic E-state index is -3.11. The molecule has 0 saturated carbocycles. The normalized spacial score (nSPS) is 22.3. The van der Waals surface area contributed by atoms with Gasteiger partial charge in [-0.25, -0.2) is 8.42 Å². The first kappa shape index (κ1) is 21.8. The summed E-state index contributed by atoms with van der Waals surface area (Å²) >= 11 is 6.45. The number of likely N-dealkylation sites (N-methyl/N-ethyl adjacent to an activating group) is 1. The van der Waals surface area contributed by atoms with Crippen LogP contribution in [-0.2, 0) is 19.4 Å². The minimum absolute atomic E-state index is 0.0291. The summed E-state index contributed by atoms with van der Waals surface area (Å²) in [5.74, 6) is 0.0512. The molecule has 2 fully saturated rings. The zero-order chi connectivity index (χ0) is 21.2. The molecule has 0 bridgehead atoms. The van der Waals surface area contributed by atoms with Gasteiger partial charge >= 0.3 is 0 Å². The van der Waals surface area contributed by atoms with Crippen molar-refractivity contribution in [3.63, 3.8) is 0 Å². The molecule has 0 N–H and O–H groups in total. The van der Waals surface area contributed by atoms with Crippen LogP contribution in [0.15, 0.2) is 29.2 Å². The van der Waals surface area contributed by atoms with Crippen molar-refractivity contribution in [2.75, 3.05) is 31.7 Å². The lowest BCUT2D eigenvalue weighted by Gasteiger charge is -2.28. The van der Waals surface area contributed by atoms with E-state index in [9.17, 15) is 18.0 Å². The molecule has 29 heavy (non-hydrogen) atoms. The van der Waals surface area contributed by atoms with E-state index in [1.807, 2.05) is 18.2 Å². The van der Waals surface area contributed by atoms with E-state index in [1.54, 1.807) is 26.2 Å². The van der Waals surface area contributed by atoms with Crippen LogP contribution in [0.4, 0.5) is 0 Å². The zero-order valence-corrected chi connectivity index (χ0v) is 18.6. The molecule has 0 aromatic heterocycles. The Morgan fingerprint density at radius 2 is 2.14 bits per heavy atom. The molecule has 2 saturated heterocycles. The average Bonchev–Trinajstić information content (AvgIpc) is 3.16. The Kier molecular flexibility index (Phi) is 6.65. The highest BCUT2D eigenvalue weighted by molar-refractivity contribution is 8.26. The highest BCUT2D eigenvalue weighted by atomic mass is 32.2. The molecule has 2 aliphatic rings. The number of hydrogen-bond acceptors (Lipinski definition) is 7. The molecule has 2 aliphatic heterocycles. The maximum absolute atomic E-state index is 12.8. The lowest BCUT2D eigenvalue weighted by molar-refractivity contribution is -0.136. The van der Waals surface area contributed by atoms with E-state index >= 15 is 0 Å². The van der Waals surface area contributed by atoms with Crippen molar-refractivity contribution >= 4 is 56.0 Å². The van der Waals surface area contributed by atoms with E-state index in [2.05, 4.69) is 0 Å². The Bertz CT molecular complexity index is 974. The van der Waals surface area contributed by atoms with Crippen LogP contribution in [0.3, 0.4) is 0 Å². The summed E-state index contributed by atoms with van der Waals surface area (Å²) in [5, 5.41) is 0. The first-order valence-electron chi connectivity index (χ1n) is 9.14. The van der Waals surface area contributed by atoms with Gasteiger partial charge in [-0.2, -0.15) is 0 Å². The molecule has 0 radical (unpaired) electrons. The number of rotatable bonds is 6. The molecule has 1 aromatic carbocycles. The minimum Gasteiger partial charge on any atom is -0.496 e. The van der Waals surface area contributed by atoms with E-state index in [-0.39, 0.29) is 35.9 Å². The van der Waals surface area contributed by atoms with Gasteiger partial charge in [0.1, 0.15) is 16.6 Å². The van der Waals surface area contributed by atoms with Gasteiger partial charge in [0.25, 0.3) is 5.91 Å².